The maximum absolute atomic E-state index is 13.1. The lowest BCUT2D eigenvalue weighted by Crippen LogP contribution is -2.42. The van der Waals surface area contributed by atoms with Crippen molar-refractivity contribution < 1.29 is 19.1 Å². The Morgan fingerprint density at radius 2 is 1.95 bits per heavy atom. The molecule has 0 unspecified atom stereocenters. The number of amides is 4. The molecule has 1 atom stereocenters. The van der Waals surface area contributed by atoms with E-state index in [-0.39, 0.29) is 12.5 Å². The maximum atomic E-state index is 13.1. The van der Waals surface area contributed by atoms with Crippen LogP contribution in [0.2, 0.25) is 0 Å². The molecular weight excluding hydrogens is 490 g/mol. The van der Waals surface area contributed by atoms with Crippen molar-refractivity contribution in [1.29, 1.82) is 0 Å². The molecule has 186 valence electrons. The van der Waals surface area contributed by atoms with Crippen LogP contribution in [0, 0.1) is 0 Å². The Labute approximate surface area is 217 Å². The van der Waals surface area contributed by atoms with Crippen LogP contribution in [-0.2, 0) is 11.3 Å². The van der Waals surface area contributed by atoms with Gasteiger partial charge in [-0.15, -0.1) is 11.3 Å². The molecule has 0 radical (unpaired) electrons. The van der Waals surface area contributed by atoms with Gasteiger partial charge < -0.3 is 15.0 Å². The molecule has 0 saturated carbocycles. The van der Waals surface area contributed by atoms with Gasteiger partial charge in [-0.25, -0.2) is 9.78 Å². The van der Waals surface area contributed by atoms with Crippen LogP contribution in [0.3, 0.4) is 0 Å². The maximum Gasteiger partial charge on any atom is 0.321 e. The van der Waals surface area contributed by atoms with Gasteiger partial charge in [-0.05, 0) is 35.4 Å². The monoisotopic (exact) mass is 513 g/mol. The van der Waals surface area contributed by atoms with Gasteiger partial charge in [0.15, 0.2) is 0 Å². The molecule has 0 fully saturated rings. The molecular formula is C27H23N5O4S. The lowest BCUT2D eigenvalue weighted by molar-refractivity contribution is -0.108. The SMILES string of the molecule is COc1ccc2c(c1)C(=O)N(C[C@H](NC(=O)NC=O)c1ccc(-c3ccc(-c4nccs4)cn3)cc1)C2. The first kappa shape index (κ1) is 24.1. The first-order valence-corrected chi connectivity index (χ1v) is 12.4. The summed E-state index contributed by atoms with van der Waals surface area (Å²) in [5, 5.41) is 7.73. The molecule has 0 aliphatic carbocycles. The molecule has 9 nitrogen and oxygen atoms in total. The number of hydrogen-bond acceptors (Lipinski definition) is 7. The first-order valence-electron chi connectivity index (χ1n) is 11.5. The summed E-state index contributed by atoms with van der Waals surface area (Å²) in [5.41, 5.74) is 4.92. The molecule has 0 bridgehead atoms. The number of hydrogen-bond donors (Lipinski definition) is 2. The minimum atomic E-state index is -0.644. The summed E-state index contributed by atoms with van der Waals surface area (Å²) in [6.45, 7) is 0.640. The van der Waals surface area contributed by atoms with Crippen LogP contribution in [0.15, 0.2) is 72.4 Å². The van der Waals surface area contributed by atoms with Crippen molar-refractivity contribution in [2.24, 2.45) is 0 Å². The van der Waals surface area contributed by atoms with Crippen LogP contribution in [0.1, 0.15) is 27.5 Å². The van der Waals surface area contributed by atoms with Gasteiger partial charge in [-0.1, -0.05) is 30.3 Å². The molecule has 0 spiro atoms. The number of ether oxygens (including phenoxy) is 1. The smallest absolute Gasteiger partial charge is 0.321 e. The zero-order valence-electron chi connectivity index (χ0n) is 19.9. The number of imide groups is 1. The third-order valence-electron chi connectivity index (χ3n) is 6.15. The van der Waals surface area contributed by atoms with Crippen LogP contribution >= 0.6 is 11.3 Å². The van der Waals surface area contributed by atoms with E-state index in [0.29, 0.717) is 24.3 Å². The summed E-state index contributed by atoms with van der Waals surface area (Å²) in [5.74, 6) is 0.468. The topological polar surface area (TPSA) is 114 Å². The van der Waals surface area contributed by atoms with Gasteiger partial charge >= 0.3 is 6.03 Å². The highest BCUT2D eigenvalue weighted by molar-refractivity contribution is 7.13. The third-order valence-corrected chi connectivity index (χ3v) is 6.97. The summed E-state index contributed by atoms with van der Waals surface area (Å²) >= 11 is 1.56. The van der Waals surface area contributed by atoms with Gasteiger partial charge in [0.25, 0.3) is 5.91 Å². The Balaban J connectivity index is 1.35. The summed E-state index contributed by atoms with van der Waals surface area (Å²) in [7, 11) is 1.55. The fraction of sp³-hybridized carbons (Fsp3) is 0.148. The standard InChI is InChI=1S/C27H23N5O4S/c1-36-21-8-6-20-14-32(26(34)22(20)12-21)15-24(31-27(35)30-16-33)18-4-2-17(3-5-18)23-9-7-19(13-29-23)25-28-10-11-37-25/h2-13,16,24H,14-15H2,1H3,(H2,30,31,33,35)/t24-/m0/s1. The molecule has 2 aromatic heterocycles. The van der Waals surface area contributed by atoms with Crippen molar-refractivity contribution in [3.05, 3.63) is 89.1 Å². The molecule has 0 saturated heterocycles. The van der Waals surface area contributed by atoms with Crippen molar-refractivity contribution in [2.45, 2.75) is 12.6 Å². The van der Waals surface area contributed by atoms with Gasteiger partial charge in [0, 0.05) is 47.6 Å². The molecule has 10 heteroatoms. The van der Waals surface area contributed by atoms with Gasteiger partial charge in [0.1, 0.15) is 10.8 Å². The van der Waals surface area contributed by atoms with Crippen LogP contribution in [0.5, 0.6) is 5.75 Å². The number of thiazole rings is 1. The van der Waals surface area contributed by atoms with E-state index in [9.17, 15) is 14.4 Å². The van der Waals surface area contributed by atoms with Crippen LogP contribution in [-0.4, -0.2) is 46.9 Å². The number of nitrogens with zero attached hydrogens (tertiary/aromatic N) is 3. The molecule has 1 aliphatic heterocycles. The van der Waals surface area contributed by atoms with Crippen molar-refractivity contribution in [2.75, 3.05) is 13.7 Å². The first-order chi connectivity index (χ1) is 18.1. The van der Waals surface area contributed by atoms with Crippen molar-refractivity contribution in [1.82, 2.24) is 25.5 Å². The number of urea groups is 1. The normalized spacial score (nSPS) is 13.1. The van der Waals surface area contributed by atoms with Crippen LogP contribution in [0.4, 0.5) is 4.79 Å². The Bertz CT molecular complexity index is 1420. The number of nitrogens with one attached hydrogen (secondary N) is 2. The Morgan fingerprint density at radius 3 is 2.62 bits per heavy atom. The van der Waals surface area contributed by atoms with Crippen molar-refractivity contribution in [3.63, 3.8) is 0 Å². The number of benzene rings is 2. The summed E-state index contributed by atoms with van der Waals surface area (Å²) in [6, 6.07) is 15.7. The number of fused-ring (bicyclic) bond motifs is 1. The molecule has 37 heavy (non-hydrogen) atoms. The zero-order chi connectivity index (χ0) is 25.8. The van der Waals surface area contributed by atoms with Gasteiger partial charge in [-0.2, -0.15) is 0 Å². The van der Waals surface area contributed by atoms with Gasteiger partial charge in [0.05, 0.1) is 18.8 Å². The predicted octanol–water partition coefficient (Wildman–Crippen LogP) is 4.03. The summed E-state index contributed by atoms with van der Waals surface area (Å²) < 4.78 is 5.25. The Morgan fingerprint density at radius 1 is 1.14 bits per heavy atom. The largest absolute Gasteiger partial charge is 0.497 e. The fourth-order valence-electron chi connectivity index (χ4n) is 4.27. The Kier molecular flexibility index (Phi) is 6.91. The molecule has 4 amide bonds. The van der Waals surface area contributed by atoms with Gasteiger partial charge in [-0.3, -0.25) is 19.9 Å². The average Bonchev–Trinajstić information content (AvgIpc) is 3.57. The van der Waals surface area contributed by atoms with Crippen molar-refractivity contribution >= 4 is 29.7 Å². The number of pyridine rings is 1. The highest BCUT2D eigenvalue weighted by Gasteiger charge is 2.30. The van der Waals surface area contributed by atoms with E-state index in [2.05, 4.69) is 20.6 Å². The number of aromatic nitrogens is 2. The lowest BCUT2D eigenvalue weighted by atomic mass is 10.0. The average molecular weight is 514 g/mol. The number of rotatable bonds is 8. The lowest BCUT2D eigenvalue weighted by Gasteiger charge is -2.25. The second-order valence-corrected chi connectivity index (χ2v) is 9.28. The molecule has 2 N–H and O–H groups in total. The number of methoxy groups -OCH3 is 1. The van der Waals surface area contributed by atoms with Gasteiger partial charge in [0.2, 0.25) is 6.41 Å². The fourth-order valence-corrected chi connectivity index (χ4v) is 4.90. The van der Waals surface area contributed by atoms with E-state index in [0.717, 1.165) is 33.0 Å². The zero-order valence-corrected chi connectivity index (χ0v) is 20.7. The second-order valence-electron chi connectivity index (χ2n) is 8.39. The second kappa shape index (κ2) is 10.6. The van der Waals surface area contributed by atoms with E-state index in [4.69, 9.17) is 4.74 Å². The molecule has 2 aromatic carbocycles. The van der Waals surface area contributed by atoms with Crippen molar-refractivity contribution in [3.8, 4) is 27.6 Å². The minimum absolute atomic E-state index is 0.141. The molecule has 5 rings (SSSR count). The van der Waals surface area contributed by atoms with E-state index in [1.807, 2.05) is 53.9 Å². The molecule has 4 aromatic rings. The van der Waals surface area contributed by atoms with Crippen LogP contribution < -0.4 is 15.4 Å². The quantitative estimate of drug-likeness (QED) is 0.344. The molecule has 3 heterocycles. The number of carbonyl (C=O) groups excluding carboxylic acids is 3. The number of carbonyl (C=O) groups is 3. The Hall–Kier alpha value is -4.57. The minimum Gasteiger partial charge on any atom is -0.497 e. The van der Waals surface area contributed by atoms with E-state index >= 15 is 0 Å². The molecule has 1 aliphatic rings. The summed E-state index contributed by atoms with van der Waals surface area (Å²) in [6.07, 6.45) is 3.87. The van der Waals surface area contributed by atoms with E-state index < -0.39 is 12.1 Å². The third kappa shape index (κ3) is 5.19. The van der Waals surface area contributed by atoms with E-state index in [1.54, 1.807) is 41.8 Å². The highest BCUT2D eigenvalue weighted by atomic mass is 32.1. The van der Waals surface area contributed by atoms with Crippen LogP contribution in [0.25, 0.3) is 21.8 Å². The van der Waals surface area contributed by atoms with E-state index in [1.165, 1.54) is 0 Å². The summed E-state index contributed by atoms with van der Waals surface area (Å²) in [4.78, 5) is 46.6. The predicted molar refractivity (Wildman–Crippen MR) is 139 cm³/mol. The highest BCUT2D eigenvalue weighted by Crippen LogP contribution is 2.29.